The highest BCUT2D eigenvalue weighted by Crippen LogP contribution is 2.27. The van der Waals surface area contributed by atoms with Crippen molar-refractivity contribution in [3.05, 3.63) is 17.8 Å². The van der Waals surface area contributed by atoms with Gasteiger partial charge in [-0.05, 0) is 6.92 Å². The van der Waals surface area contributed by atoms with Crippen LogP contribution < -0.4 is 10.1 Å². The molecular formula is C9H10N2O3. The molecule has 1 aromatic rings. The second kappa shape index (κ2) is 3.17. The molecule has 1 aliphatic heterocycles. The van der Waals surface area contributed by atoms with Crippen molar-refractivity contribution in [1.29, 1.82) is 0 Å². The van der Waals surface area contributed by atoms with Crippen molar-refractivity contribution in [2.45, 2.75) is 13.0 Å². The number of fused-ring (bicyclic) bond motifs is 1. The van der Waals surface area contributed by atoms with Gasteiger partial charge in [-0.3, -0.25) is 0 Å². The molecule has 0 aromatic carbocycles. The highest BCUT2D eigenvalue weighted by molar-refractivity contribution is 5.88. The number of ether oxygens (including phenoxy) is 1. The largest absolute Gasteiger partial charge is 0.488 e. The Morgan fingerprint density at radius 2 is 2.57 bits per heavy atom. The Hall–Kier alpha value is -1.78. The highest BCUT2D eigenvalue weighted by atomic mass is 16.5. The molecular weight excluding hydrogens is 184 g/mol. The van der Waals surface area contributed by atoms with Crippen LogP contribution in [0.1, 0.15) is 17.3 Å². The SMILES string of the molecule is C[C@H]1COc2cc(C(=O)O)cnc2N1. The van der Waals surface area contributed by atoms with E-state index in [0.29, 0.717) is 18.2 Å². The van der Waals surface area contributed by atoms with Gasteiger partial charge in [-0.2, -0.15) is 0 Å². The minimum atomic E-state index is -0.998. The minimum Gasteiger partial charge on any atom is -0.488 e. The fourth-order valence-corrected chi connectivity index (χ4v) is 1.27. The lowest BCUT2D eigenvalue weighted by atomic mass is 10.2. The molecule has 5 nitrogen and oxygen atoms in total. The molecule has 0 unspecified atom stereocenters. The maximum Gasteiger partial charge on any atom is 0.337 e. The summed E-state index contributed by atoms with van der Waals surface area (Å²) in [6.45, 7) is 2.49. The van der Waals surface area contributed by atoms with Crippen LogP contribution in [-0.4, -0.2) is 28.7 Å². The monoisotopic (exact) mass is 194 g/mol. The Kier molecular flexibility index (Phi) is 1.99. The van der Waals surface area contributed by atoms with Crippen LogP contribution in [0.5, 0.6) is 5.75 Å². The Morgan fingerprint density at radius 1 is 1.79 bits per heavy atom. The van der Waals surface area contributed by atoms with Crippen LogP contribution in [-0.2, 0) is 0 Å². The fraction of sp³-hybridized carbons (Fsp3) is 0.333. The molecule has 0 spiro atoms. The van der Waals surface area contributed by atoms with Gasteiger partial charge in [0.05, 0.1) is 11.6 Å². The predicted molar refractivity (Wildman–Crippen MR) is 49.8 cm³/mol. The van der Waals surface area contributed by atoms with Gasteiger partial charge < -0.3 is 15.2 Å². The van der Waals surface area contributed by atoms with Crippen molar-refractivity contribution < 1.29 is 14.6 Å². The van der Waals surface area contributed by atoms with Crippen molar-refractivity contribution in [2.75, 3.05) is 11.9 Å². The predicted octanol–water partition coefficient (Wildman–Crippen LogP) is 0.973. The lowest BCUT2D eigenvalue weighted by Gasteiger charge is -2.23. The molecule has 5 heteroatoms. The summed E-state index contributed by atoms with van der Waals surface area (Å²) >= 11 is 0. The lowest BCUT2D eigenvalue weighted by molar-refractivity contribution is 0.0696. The molecule has 74 valence electrons. The number of aromatic nitrogens is 1. The number of aromatic carboxylic acids is 1. The average molecular weight is 194 g/mol. The smallest absolute Gasteiger partial charge is 0.337 e. The van der Waals surface area contributed by atoms with Crippen molar-refractivity contribution in [3.8, 4) is 5.75 Å². The number of nitrogens with zero attached hydrogens (tertiary/aromatic N) is 1. The van der Waals surface area contributed by atoms with E-state index in [1.807, 2.05) is 6.92 Å². The number of carbonyl (C=O) groups is 1. The van der Waals surface area contributed by atoms with Crippen LogP contribution in [0.3, 0.4) is 0 Å². The van der Waals surface area contributed by atoms with Crippen LogP contribution in [0.4, 0.5) is 5.82 Å². The summed E-state index contributed by atoms with van der Waals surface area (Å²) in [6.07, 6.45) is 1.32. The van der Waals surface area contributed by atoms with Crippen molar-refractivity contribution in [3.63, 3.8) is 0 Å². The van der Waals surface area contributed by atoms with E-state index in [1.54, 1.807) is 0 Å². The van der Waals surface area contributed by atoms with Crippen molar-refractivity contribution >= 4 is 11.8 Å². The first kappa shape index (κ1) is 8.80. The zero-order valence-electron chi connectivity index (χ0n) is 7.65. The van der Waals surface area contributed by atoms with E-state index in [0.717, 1.165) is 0 Å². The fourth-order valence-electron chi connectivity index (χ4n) is 1.27. The van der Waals surface area contributed by atoms with E-state index in [1.165, 1.54) is 12.3 Å². The molecule has 0 fully saturated rings. The maximum absolute atomic E-state index is 10.6. The molecule has 2 heterocycles. The second-order valence-corrected chi connectivity index (χ2v) is 3.23. The molecule has 0 radical (unpaired) electrons. The molecule has 2 N–H and O–H groups in total. The summed E-state index contributed by atoms with van der Waals surface area (Å²) in [6, 6.07) is 1.68. The molecule has 1 aliphatic rings. The van der Waals surface area contributed by atoms with Gasteiger partial charge in [0.15, 0.2) is 11.6 Å². The average Bonchev–Trinajstić information content (AvgIpc) is 2.16. The van der Waals surface area contributed by atoms with Gasteiger partial charge in [-0.25, -0.2) is 9.78 Å². The number of anilines is 1. The summed E-state index contributed by atoms with van der Waals surface area (Å²) in [5.41, 5.74) is 0.139. The van der Waals surface area contributed by atoms with E-state index >= 15 is 0 Å². The van der Waals surface area contributed by atoms with Crippen LogP contribution in [0, 0.1) is 0 Å². The van der Waals surface area contributed by atoms with Crippen LogP contribution in [0.25, 0.3) is 0 Å². The zero-order valence-corrected chi connectivity index (χ0v) is 7.65. The Bertz CT molecular complexity index is 378. The molecule has 0 saturated carbocycles. The standard InChI is InChI=1S/C9H10N2O3/c1-5-4-14-7-2-6(9(12)13)3-10-8(7)11-5/h2-3,5H,4H2,1H3,(H,10,11)(H,12,13)/t5-/m0/s1. The summed E-state index contributed by atoms with van der Waals surface area (Å²) in [5, 5.41) is 11.8. The van der Waals surface area contributed by atoms with Crippen LogP contribution >= 0.6 is 0 Å². The van der Waals surface area contributed by atoms with Crippen molar-refractivity contribution in [2.24, 2.45) is 0 Å². The van der Waals surface area contributed by atoms with Gasteiger partial charge in [-0.15, -0.1) is 0 Å². The van der Waals surface area contributed by atoms with Gasteiger partial charge in [0.25, 0.3) is 0 Å². The molecule has 2 rings (SSSR count). The number of pyridine rings is 1. The number of hydrogen-bond donors (Lipinski definition) is 2. The number of carboxylic acid groups (broad SMARTS) is 1. The first-order chi connectivity index (χ1) is 6.66. The molecule has 0 saturated heterocycles. The van der Waals surface area contributed by atoms with Gasteiger partial charge in [0.1, 0.15) is 6.61 Å². The molecule has 0 aliphatic carbocycles. The summed E-state index contributed by atoms with van der Waals surface area (Å²) in [5.74, 6) is 0.110. The number of nitrogens with one attached hydrogen (secondary N) is 1. The van der Waals surface area contributed by atoms with Crippen LogP contribution in [0.15, 0.2) is 12.3 Å². The summed E-state index contributed by atoms with van der Waals surface area (Å²) in [7, 11) is 0. The normalized spacial score (nSPS) is 19.1. The van der Waals surface area contributed by atoms with E-state index in [9.17, 15) is 4.79 Å². The van der Waals surface area contributed by atoms with E-state index in [2.05, 4.69) is 10.3 Å². The van der Waals surface area contributed by atoms with Crippen LogP contribution in [0.2, 0.25) is 0 Å². The van der Waals surface area contributed by atoms with Gasteiger partial charge in [-0.1, -0.05) is 0 Å². The second-order valence-electron chi connectivity index (χ2n) is 3.23. The first-order valence-electron chi connectivity index (χ1n) is 4.29. The van der Waals surface area contributed by atoms with E-state index < -0.39 is 5.97 Å². The lowest BCUT2D eigenvalue weighted by Crippen LogP contribution is -2.29. The Balaban J connectivity index is 2.36. The molecule has 1 aromatic heterocycles. The third-order valence-corrected chi connectivity index (χ3v) is 1.97. The summed E-state index contributed by atoms with van der Waals surface area (Å²) < 4.78 is 5.34. The zero-order chi connectivity index (χ0) is 10.1. The number of hydrogen-bond acceptors (Lipinski definition) is 4. The molecule has 0 bridgehead atoms. The first-order valence-corrected chi connectivity index (χ1v) is 4.29. The minimum absolute atomic E-state index is 0.139. The van der Waals surface area contributed by atoms with Gasteiger partial charge in [0, 0.05) is 12.3 Å². The number of rotatable bonds is 1. The highest BCUT2D eigenvalue weighted by Gasteiger charge is 2.17. The maximum atomic E-state index is 10.6. The van der Waals surface area contributed by atoms with E-state index in [-0.39, 0.29) is 11.6 Å². The molecule has 0 amide bonds. The summed E-state index contributed by atoms with van der Waals surface area (Å²) in [4.78, 5) is 14.6. The number of carboxylic acids is 1. The molecule has 14 heavy (non-hydrogen) atoms. The third-order valence-electron chi connectivity index (χ3n) is 1.97. The van der Waals surface area contributed by atoms with Gasteiger partial charge >= 0.3 is 5.97 Å². The molecule has 1 atom stereocenters. The van der Waals surface area contributed by atoms with E-state index in [4.69, 9.17) is 9.84 Å². The Labute approximate surface area is 80.7 Å². The van der Waals surface area contributed by atoms with Crippen molar-refractivity contribution in [1.82, 2.24) is 4.98 Å². The Morgan fingerprint density at radius 3 is 3.29 bits per heavy atom. The topological polar surface area (TPSA) is 71.5 Å². The third kappa shape index (κ3) is 1.48. The van der Waals surface area contributed by atoms with Gasteiger partial charge in [0.2, 0.25) is 0 Å². The quantitative estimate of drug-likeness (QED) is 0.697.